The molecule has 12 nitrogen and oxygen atoms in total. The fourth-order valence-corrected chi connectivity index (χ4v) is 5.64. The smallest absolute Gasteiger partial charge is 0.288 e. The van der Waals surface area contributed by atoms with Crippen molar-refractivity contribution in [2.45, 2.75) is 38.8 Å². The van der Waals surface area contributed by atoms with Gasteiger partial charge in [0, 0.05) is 43.7 Å². The summed E-state index contributed by atoms with van der Waals surface area (Å²) in [5, 5.41) is 9.40. The van der Waals surface area contributed by atoms with Crippen molar-refractivity contribution in [1.82, 2.24) is 14.3 Å². The van der Waals surface area contributed by atoms with Gasteiger partial charge < -0.3 is 38.4 Å². The van der Waals surface area contributed by atoms with Gasteiger partial charge >= 0.3 is 0 Å². The second-order valence-corrected chi connectivity index (χ2v) is 11.4. The topological polar surface area (TPSA) is 123 Å². The van der Waals surface area contributed by atoms with Crippen molar-refractivity contribution in [1.29, 1.82) is 0 Å². The molecule has 3 heterocycles. The van der Waals surface area contributed by atoms with E-state index in [1.54, 1.807) is 15.7 Å². The number of aliphatic hydroxyl groups is 1. The number of nitrogens with zero attached hydrogens (tertiary/aromatic N) is 3. The lowest BCUT2D eigenvalue weighted by atomic mass is 9.93. The molecule has 0 bridgehead atoms. The predicted molar refractivity (Wildman–Crippen MR) is 173 cm³/mol. The van der Waals surface area contributed by atoms with E-state index in [0.717, 1.165) is 22.5 Å². The molecule has 0 aliphatic carbocycles. The number of carbonyl (C=O) groups excluding carboxylic acids is 1. The van der Waals surface area contributed by atoms with Gasteiger partial charge in [-0.15, -0.1) is 0 Å². The van der Waals surface area contributed by atoms with E-state index < -0.39 is 12.2 Å². The highest BCUT2D eigenvalue weighted by molar-refractivity contribution is 5.91. The van der Waals surface area contributed by atoms with E-state index >= 15 is 0 Å². The Kier molecular flexibility index (Phi) is 12.8. The van der Waals surface area contributed by atoms with Crippen molar-refractivity contribution < 1.29 is 38.3 Å². The molecule has 1 amide bonds. The Hall–Kier alpha value is -3.78. The maximum absolute atomic E-state index is 14.1. The number of benzene rings is 2. The summed E-state index contributed by atoms with van der Waals surface area (Å²) in [6.07, 6.45) is 1.29. The summed E-state index contributed by atoms with van der Waals surface area (Å²) in [6, 6.07) is 16.9. The fraction of sp³-hybridized carbons (Fsp3) is 0.486. The molecular formula is C35H45N3O9. The molecule has 0 radical (unpaired) electrons. The van der Waals surface area contributed by atoms with Gasteiger partial charge in [-0.05, 0) is 36.3 Å². The van der Waals surface area contributed by atoms with Gasteiger partial charge in [-0.2, -0.15) is 0 Å². The van der Waals surface area contributed by atoms with Gasteiger partial charge in [0.1, 0.15) is 0 Å². The number of allylic oxidation sites excluding steroid dienone is 1. The molecule has 1 fully saturated rings. The normalized spacial score (nSPS) is 20.5. The number of rotatable bonds is 7. The Labute approximate surface area is 275 Å². The van der Waals surface area contributed by atoms with Gasteiger partial charge in [0.05, 0.1) is 71.8 Å². The van der Waals surface area contributed by atoms with E-state index in [0.29, 0.717) is 77.9 Å². The Bertz CT molecular complexity index is 1500. The Morgan fingerprint density at radius 1 is 0.851 bits per heavy atom. The summed E-state index contributed by atoms with van der Waals surface area (Å²) in [6.45, 7) is 5.97. The van der Waals surface area contributed by atoms with Crippen molar-refractivity contribution in [3.8, 4) is 5.69 Å². The number of amides is 1. The molecule has 0 spiro atoms. The molecule has 1 saturated heterocycles. The van der Waals surface area contributed by atoms with E-state index in [-0.39, 0.29) is 30.4 Å². The minimum Gasteiger partial charge on any atom is -0.459 e. The van der Waals surface area contributed by atoms with Crippen LogP contribution in [0.2, 0.25) is 0 Å². The highest BCUT2D eigenvalue weighted by atomic mass is 16.7. The maximum Gasteiger partial charge on any atom is 0.288 e. The zero-order valence-electron chi connectivity index (χ0n) is 27.2. The van der Waals surface area contributed by atoms with Gasteiger partial charge in [0.2, 0.25) is 6.29 Å². The Balaban J connectivity index is 1.41. The van der Waals surface area contributed by atoms with E-state index in [2.05, 4.69) is 0 Å². The molecular weight excluding hydrogens is 606 g/mol. The first kappa shape index (κ1) is 34.6. The lowest BCUT2D eigenvalue weighted by molar-refractivity contribution is -0.157. The average molecular weight is 652 g/mol. The number of aromatic nitrogens is 2. The Morgan fingerprint density at radius 3 is 2.02 bits per heavy atom. The molecule has 47 heavy (non-hydrogen) atoms. The molecule has 2 aliphatic heterocycles. The van der Waals surface area contributed by atoms with Gasteiger partial charge in [-0.1, -0.05) is 42.5 Å². The molecule has 2 aromatic carbocycles. The van der Waals surface area contributed by atoms with Crippen LogP contribution in [-0.4, -0.2) is 97.5 Å². The minimum atomic E-state index is -0.795. The van der Waals surface area contributed by atoms with E-state index in [1.165, 1.54) is 0 Å². The first-order valence-electron chi connectivity index (χ1n) is 16.1. The largest absolute Gasteiger partial charge is 0.459 e. The van der Waals surface area contributed by atoms with Crippen LogP contribution in [0.25, 0.3) is 5.69 Å². The van der Waals surface area contributed by atoms with Crippen LogP contribution < -0.4 is 5.56 Å². The predicted octanol–water partition coefficient (Wildman–Crippen LogP) is 2.82. The van der Waals surface area contributed by atoms with Crippen LogP contribution in [0.3, 0.4) is 0 Å². The maximum atomic E-state index is 14.1. The van der Waals surface area contributed by atoms with E-state index in [1.807, 2.05) is 73.3 Å². The molecule has 3 aromatic rings. The van der Waals surface area contributed by atoms with Crippen LogP contribution in [0, 0.1) is 6.92 Å². The van der Waals surface area contributed by atoms with Crippen molar-refractivity contribution in [2.75, 3.05) is 65.9 Å². The first-order valence-corrected chi connectivity index (χ1v) is 16.1. The lowest BCUT2D eigenvalue weighted by Gasteiger charge is -2.31. The second-order valence-electron chi connectivity index (χ2n) is 11.4. The van der Waals surface area contributed by atoms with Crippen LogP contribution in [-0.2, 0) is 53.5 Å². The van der Waals surface area contributed by atoms with Crippen molar-refractivity contribution >= 4 is 5.91 Å². The van der Waals surface area contributed by atoms with Crippen molar-refractivity contribution in [3.63, 3.8) is 0 Å². The van der Waals surface area contributed by atoms with Gasteiger partial charge in [-0.3, -0.25) is 14.3 Å². The number of hydrogen-bond donors (Lipinski definition) is 1. The van der Waals surface area contributed by atoms with Crippen molar-refractivity contribution in [2.24, 2.45) is 7.05 Å². The van der Waals surface area contributed by atoms with Crippen LogP contribution in [0.1, 0.15) is 34.7 Å². The molecule has 0 saturated carbocycles. The zero-order chi connectivity index (χ0) is 33.0. The number of para-hydroxylation sites is 1. The molecule has 1 aromatic heterocycles. The van der Waals surface area contributed by atoms with E-state index in [4.69, 9.17) is 28.4 Å². The highest BCUT2D eigenvalue weighted by Crippen LogP contribution is 2.33. The standard InChI is InChI=1S/C35H45N3O9/c1-26-33(35(41)38(36(26)2)30-6-4-3-5-7-30)29-22-31(47-32(23-29)46-25-28-10-8-27(24-39)9-11-28)34(40)37-12-14-42-16-18-44-20-21-45-19-17-43-15-13-37/h3-11,22,29,32,39H,12-21,23-25H2,1-2H3. The second kappa shape index (κ2) is 17.4. The number of ether oxygens (including phenoxy) is 6. The molecule has 1 N–H and O–H groups in total. The third-order valence-corrected chi connectivity index (χ3v) is 8.29. The zero-order valence-corrected chi connectivity index (χ0v) is 27.2. The number of carbonyl (C=O) groups is 1. The minimum absolute atomic E-state index is 0.0457. The highest BCUT2D eigenvalue weighted by Gasteiger charge is 2.34. The molecule has 2 unspecified atom stereocenters. The SMILES string of the molecule is Cc1c(C2C=C(C(=O)N3CCOCCOCCOCCOCC3)OC(OCc3ccc(CO)cc3)C2)c(=O)n(-c2ccccc2)n1C. The molecule has 254 valence electrons. The number of hydrogen-bond acceptors (Lipinski definition) is 9. The molecule has 2 aliphatic rings. The third kappa shape index (κ3) is 9.19. The summed E-state index contributed by atoms with van der Waals surface area (Å²) in [5.74, 6) is -0.671. The summed E-state index contributed by atoms with van der Waals surface area (Å²) in [5.41, 5.74) is 3.64. The van der Waals surface area contributed by atoms with Crippen LogP contribution in [0.5, 0.6) is 0 Å². The summed E-state index contributed by atoms with van der Waals surface area (Å²) >= 11 is 0. The molecule has 2 atom stereocenters. The van der Waals surface area contributed by atoms with Gasteiger partial charge in [0.15, 0.2) is 5.76 Å². The number of aliphatic hydroxyl groups excluding tert-OH is 1. The third-order valence-electron chi connectivity index (χ3n) is 8.29. The van der Waals surface area contributed by atoms with Gasteiger partial charge in [0.25, 0.3) is 11.5 Å². The van der Waals surface area contributed by atoms with Gasteiger partial charge in [-0.25, -0.2) is 4.68 Å². The average Bonchev–Trinajstić information content (AvgIpc) is 3.32. The first-order chi connectivity index (χ1) is 23.0. The van der Waals surface area contributed by atoms with Crippen LogP contribution in [0.15, 0.2) is 71.2 Å². The quantitative estimate of drug-likeness (QED) is 0.411. The van der Waals surface area contributed by atoms with Crippen molar-refractivity contribution in [3.05, 3.63) is 99.2 Å². The van der Waals surface area contributed by atoms with E-state index in [9.17, 15) is 14.7 Å². The molecule has 5 rings (SSSR count). The fourth-order valence-electron chi connectivity index (χ4n) is 5.64. The summed E-state index contributed by atoms with van der Waals surface area (Å²) in [4.78, 5) is 29.7. The summed E-state index contributed by atoms with van der Waals surface area (Å²) < 4.78 is 38.4. The summed E-state index contributed by atoms with van der Waals surface area (Å²) in [7, 11) is 1.85. The van der Waals surface area contributed by atoms with Crippen LogP contribution in [0.4, 0.5) is 0 Å². The Morgan fingerprint density at radius 2 is 1.43 bits per heavy atom. The molecule has 12 heteroatoms. The monoisotopic (exact) mass is 651 g/mol. The lowest BCUT2D eigenvalue weighted by Crippen LogP contribution is -2.40. The van der Waals surface area contributed by atoms with Crippen LogP contribution >= 0.6 is 0 Å².